The molecule has 0 aromatic heterocycles. The van der Waals surface area contributed by atoms with E-state index in [1.807, 2.05) is 0 Å². The number of ether oxygens (including phenoxy) is 2. The lowest BCUT2D eigenvalue weighted by Crippen LogP contribution is -2.53. The zero-order valence-electron chi connectivity index (χ0n) is 14.2. The third-order valence-electron chi connectivity index (χ3n) is 5.41. The van der Waals surface area contributed by atoms with Gasteiger partial charge in [-0.15, -0.1) is 0 Å². The van der Waals surface area contributed by atoms with Gasteiger partial charge in [0.15, 0.2) is 0 Å². The Kier molecular flexibility index (Phi) is 5.63. The average Bonchev–Trinajstić information content (AvgIpc) is 2.98. The van der Waals surface area contributed by atoms with Crippen LogP contribution in [0.1, 0.15) is 36.0 Å². The lowest BCUT2D eigenvalue weighted by Gasteiger charge is -2.43. The molecule has 138 valence electrons. The molecule has 1 aliphatic heterocycles. The molecular formula is C18H23ClFNO4. The van der Waals surface area contributed by atoms with Crippen LogP contribution in [0.2, 0.25) is 5.02 Å². The highest BCUT2D eigenvalue weighted by molar-refractivity contribution is 6.30. The van der Waals surface area contributed by atoms with Gasteiger partial charge in [-0.2, -0.15) is 0 Å². The van der Waals surface area contributed by atoms with Crippen molar-refractivity contribution in [2.24, 2.45) is 0 Å². The number of aliphatic hydroxyl groups excluding tert-OH is 1. The summed E-state index contributed by atoms with van der Waals surface area (Å²) in [6, 6.07) is 3.93. The van der Waals surface area contributed by atoms with Crippen molar-refractivity contribution in [3.05, 3.63) is 34.6 Å². The quantitative estimate of drug-likeness (QED) is 0.864. The minimum absolute atomic E-state index is 0.0229. The molecule has 0 bridgehead atoms. The largest absolute Gasteiger partial charge is 0.394 e. The zero-order valence-corrected chi connectivity index (χ0v) is 15.0. The summed E-state index contributed by atoms with van der Waals surface area (Å²) in [6.07, 6.45) is 2.90. The smallest absolute Gasteiger partial charge is 0.257 e. The fourth-order valence-electron chi connectivity index (χ4n) is 4.09. The Balaban J connectivity index is 1.82. The van der Waals surface area contributed by atoms with Gasteiger partial charge in [-0.05, 0) is 43.9 Å². The molecule has 1 aromatic rings. The number of nitrogens with zero attached hydrogens (tertiary/aromatic N) is 1. The van der Waals surface area contributed by atoms with Crippen molar-refractivity contribution in [1.82, 2.24) is 4.90 Å². The van der Waals surface area contributed by atoms with E-state index in [0.29, 0.717) is 13.0 Å². The maximum absolute atomic E-state index is 14.2. The Morgan fingerprint density at radius 3 is 2.96 bits per heavy atom. The molecule has 1 N–H and O–H groups in total. The molecule has 7 heteroatoms. The first-order valence-electron chi connectivity index (χ1n) is 8.54. The number of carbonyl (C=O) groups is 1. The summed E-state index contributed by atoms with van der Waals surface area (Å²) in [5, 5.41) is 9.22. The van der Waals surface area contributed by atoms with Crippen LogP contribution in [-0.4, -0.2) is 60.5 Å². The number of methoxy groups -OCH3 is 1. The number of amides is 1. The van der Waals surface area contributed by atoms with Crippen molar-refractivity contribution in [2.45, 2.75) is 43.4 Å². The molecule has 0 radical (unpaired) electrons. The topological polar surface area (TPSA) is 59.0 Å². The Labute approximate surface area is 151 Å². The van der Waals surface area contributed by atoms with Crippen LogP contribution in [0, 0.1) is 5.82 Å². The second-order valence-electron chi connectivity index (χ2n) is 6.65. The molecule has 2 fully saturated rings. The number of halogens is 2. The van der Waals surface area contributed by atoms with E-state index in [2.05, 4.69) is 0 Å². The molecule has 1 aromatic carbocycles. The third-order valence-corrected chi connectivity index (χ3v) is 5.64. The number of hydrogen-bond acceptors (Lipinski definition) is 4. The maximum atomic E-state index is 14.2. The van der Waals surface area contributed by atoms with E-state index in [1.165, 1.54) is 12.1 Å². The highest BCUT2D eigenvalue weighted by Gasteiger charge is 2.53. The van der Waals surface area contributed by atoms with Crippen molar-refractivity contribution in [2.75, 3.05) is 26.9 Å². The predicted molar refractivity (Wildman–Crippen MR) is 91.3 cm³/mol. The van der Waals surface area contributed by atoms with Gasteiger partial charge in [-0.1, -0.05) is 11.6 Å². The van der Waals surface area contributed by atoms with E-state index in [0.717, 1.165) is 25.3 Å². The number of fused-ring (bicyclic) bond motifs is 1. The van der Waals surface area contributed by atoms with Crippen LogP contribution in [0.25, 0.3) is 0 Å². The van der Waals surface area contributed by atoms with Crippen LogP contribution in [0.4, 0.5) is 4.39 Å². The van der Waals surface area contributed by atoms with E-state index in [4.69, 9.17) is 26.2 Å². The Morgan fingerprint density at radius 2 is 2.28 bits per heavy atom. The van der Waals surface area contributed by atoms with Gasteiger partial charge in [-0.25, -0.2) is 4.39 Å². The SMILES string of the molecule is CO[C@@]12CC[C@H](OCCO)C[C@@H]1N(C(=O)c1ccc(Cl)cc1F)CC2. The molecule has 1 amide bonds. The second kappa shape index (κ2) is 7.58. The van der Waals surface area contributed by atoms with Gasteiger partial charge in [0.1, 0.15) is 5.82 Å². The lowest BCUT2D eigenvalue weighted by atomic mass is 9.79. The van der Waals surface area contributed by atoms with E-state index >= 15 is 0 Å². The van der Waals surface area contributed by atoms with Gasteiger partial charge in [0.25, 0.3) is 5.91 Å². The number of aliphatic hydroxyl groups is 1. The molecule has 1 saturated carbocycles. The number of likely N-dealkylation sites (tertiary alicyclic amines) is 1. The van der Waals surface area contributed by atoms with Gasteiger partial charge >= 0.3 is 0 Å². The number of benzene rings is 1. The summed E-state index contributed by atoms with van der Waals surface area (Å²) >= 11 is 5.78. The monoisotopic (exact) mass is 371 g/mol. The minimum Gasteiger partial charge on any atom is -0.394 e. The summed E-state index contributed by atoms with van der Waals surface area (Å²) in [6.45, 7) is 0.762. The molecule has 2 aliphatic rings. The van der Waals surface area contributed by atoms with E-state index in [9.17, 15) is 9.18 Å². The van der Waals surface area contributed by atoms with Crippen molar-refractivity contribution in [3.63, 3.8) is 0 Å². The first-order valence-corrected chi connectivity index (χ1v) is 8.92. The lowest BCUT2D eigenvalue weighted by molar-refractivity contribution is -0.0992. The molecule has 1 saturated heterocycles. The fourth-order valence-corrected chi connectivity index (χ4v) is 4.25. The average molecular weight is 372 g/mol. The Hall–Kier alpha value is -1.21. The minimum atomic E-state index is -0.615. The summed E-state index contributed by atoms with van der Waals surface area (Å²) in [5.41, 5.74) is -0.382. The molecular weight excluding hydrogens is 349 g/mol. The van der Waals surface area contributed by atoms with Crippen molar-refractivity contribution in [3.8, 4) is 0 Å². The van der Waals surface area contributed by atoms with E-state index in [1.54, 1.807) is 12.0 Å². The summed E-state index contributed by atoms with van der Waals surface area (Å²) < 4.78 is 25.7. The van der Waals surface area contributed by atoms with Gasteiger partial charge in [-0.3, -0.25) is 4.79 Å². The van der Waals surface area contributed by atoms with Crippen LogP contribution in [0.15, 0.2) is 18.2 Å². The molecule has 3 rings (SSSR count). The van der Waals surface area contributed by atoms with Gasteiger partial charge in [0.05, 0.1) is 36.5 Å². The first-order chi connectivity index (χ1) is 12.0. The van der Waals surface area contributed by atoms with E-state index < -0.39 is 11.4 Å². The Bertz CT molecular complexity index is 644. The highest BCUT2D eigenvalue weighted by atomic mass is 35.5. The number of rotatable bonds is 5. The molecule has 5 nitrogen and oxygen atoms in total. The van der Waals surface area contributed by atoms with Gasteiger partial charge < -0.3 is 19.5 Å². The van der Waals surface area contributed by atoms with Crippen LogP contribution < -0.4 is 0 Å². The summed E-state index contributed by atoms with van der Waals surface area (Å²) in [4.78, 5) is 14.6. The Morgan fingerprint density at radius 1 is 1.48 bits per heavy atom. The molecule has 0 unspecified atom stereocenters. The number of hydrogen-bond donors (Lipinski definition) is 1. The van der Waals surface area contributed by atoms with Crippen molar-refractivity contribution in [1.29, 1.82) is 0 Å². The van der Waals surface area contributed by atoms with E-state index in [-0.39, 0.29) is 41.9 Å². The number of carbonyl (C=O) groups excluding carboxylic acids is 1. The molecule has 25 heavy (non-hydrogen) atoms. The maximum Gasteiger partial charge on any atom is 0.257 e. The fraction of sp³-hybridized carbons (Fsp3) is 0.611. The summed E-state index contributed by atoms with van der Waals surface area (Å²) in [5.74, 6) is -0.961. The normalized spacial score (nSPS) is 28.9. The van der Waals surface area contributed by atoms with Crippen LogP contribution in [0.3, 0.4) is 0 Å². The molecule has 3 atom stereocenters. The third kappa shape index (κ3) is 3.53. The molecule has 1 heterocycles. The predicted octanol–water partition coefficient (Wildman–Crippen LogP) is 2.64. The molecule has 1 aliphatic carbocycles. The van der Waals surface area contributed by atoms with Gasteiger partial charge in [0, 0.05) is 18.7 Å². The van der Waals surface area contributed by atoms with Crippen LogP contribution in [0.5, 0.6) is 0 Å². The van der Waals surface area contributed by atoms with Crippen molar-refractivity contribution < 1.29 is 23.8 Å². The van der Waals surface area contributed by atoms with Gasteiger partial charge in [0.2, 0.25) is 0 Å². The molecule has 0 spiro atoms. The van der Waals surface area contributed by atoms with Crippen LogP contribution in [-0.2, 0) is 9.47 Å². The standard InChI is InChI=1S/C18H23ClFNO4/c1-24-18-5-4-13(25-9-8-22)11-16(18)21(7-6-18)17(23)14-3-2-12(19)10-15(14)20/h2-3,10,13,16,22H,4-9,11H2,1H3/t13-,16-,18+/m0/s1. The summed E-state index contributed by atoms with van der Waals surface area (Å²) in [7, 11) is 1.67. The highest BCUT2D eigenvalue weighted by Crippen LogP contribution is 2.43. The van der Waals surface area contributed by atoms with Crippen LogP contribution >= 0.6 is 11.6 Å². The van der Waals surface area contributed by atoms with Crippen molar-refractivity contribution >= 4 is 17.5 Å². The second-order valence-corrected chi connectivity index (χ2v) is 7.08. The first kappa shape index (κ1) is 18.6. The zero-order chi connectivity index (χ0) is 18.0.